The summed E-state index contributed by atoms with van der Waals surface area (Å²) in [7, 11) is 0. The van der Waals surface area contributed by atoms with Gasteiger partial charge in [-0.1, -0.05) is 6.07 Å². The van der Waals surface area contributed by atoms with Crippen LogP contribution in [0.25, 0.3) is 0 Å². The Balaban J connectivity index is 1.72. The molecule has 0 saturated heterocycles. The van der Waals surface area contributed by atoms with E-state index >= 15 is 0 Å². The fourth-order valence-electron chi connectivity index (χ4n) is 2.07. The van der Waals surface area contributed by atoms with E-state index in [-0.39, 0.29) is 5.82 Å². The highest BCUT2D eigenvalue weighted by atomic mass is 19.1. The SMILES string of the molecule is Cc1cc(Nc2ccc(F)cc2)nc(NCc2ccccn2)n1. The molecule has 1 aromatic carbocycles. The van der Waals surface area contributed by atoms with Crippen LogP contribution in [0, 0.1) is 12.7 Å². The Morgan fingerprint density at radius 3 is 2.61 bits per heavy atom. The molecule has 0 fully saturated rings. The maximum absolute atomic E-state index is 12.9. The fourth-order valence-corrected chi connectivity index (χ4v) is 2.07. The molecule has 116 valence electrons. The third kappa shape index (κ3) is 4.23. The first-order valence-corrected chi connectivity index (χ1v) is 7.21. The molecule has 5 nitrogen and oxygen atoms in total. The number of benzene rings is 1. The molecule has 2 aromatic heterocycles. The van der Waals surface area contributed by atoms with Crippen molar-refractivity contribution in [2.75, 3.05) is 10.6 Å². The van der Waals surface area contributed by atoms with Gasteiger partial charge in [-0.2, -0.15) is 4.98 Å². The van der Waals surface area contributed by atoms with Crippen molar-refractivity contribution >= 4 is 17.5 Å². The summed E-state index contributed by atoms with van der Waals surface area (Å²) in [5.41, 5.74) is 2.50. The predicted octanol–water partition coefficient (Wildman–Crippen LogP) is 3.67. The van der Waals surface area contributed by atoms with Crippen LogP contribution in [0.15, 0.2) is 54.7 Å². The van der Waals surface area contributed by atoms with Crippen LogP contribution < -0.4 is 10.6 Å². The second-order valence-corrected chi connectivity index (χ2v) is 5.02. The Hall–Kier alpha value is -3.02. The standard InChI is InChI=1S/C17H16FN5/c1-12-10-16(22-14-7-5-13(18)6-8-14)23-17(21-12)20-11-15-4-2-3-9-19-15/h2-10H,11H2,1H3,(H2,20,21,22,23). The van der Waals surface area contributed by atoms with Crippen molar-refractivity contribution in [1.82, 2.24) is 15.0 Å². The Kier molecular flexibility index (Phi) is 4.42. The first kappa shape index (κ1) is 14.9. The highest BCUT2D eigenvalue weighted by molar-refractivity contribution is 5.57. The molecular formula is C17H16FN5. The Morgan fingerprint density at radius 1 is 1.04 bits per heavy atom. The summed E-state index contributed by atoms with van der Waals surface area (Å²) in [6.07, 6.45) is 1.75. The minimum atomic E-state index is -0.271. The number of hydrogen-bond acceptors (Lipinski definition) is 5. The minimum Gasteiger partial charge on any atom is -0.349 e. The van der Waals surface area contributed by atoms with Crippen LogP contribution in [0.4, 0.5) is 21.8 Å². The first-order chi connectivity index (χ1) is 11.2. The second-order valence-electron chi connectivity index (χ2n) is 5.02. The van der Waals surface area contributed by atoms with Crippen LogP contribution in [-0.2, 0) is 6.54 Å². The largest absolute Gasteiger partial charge is 0.349 e. The van der Waals surface area contributed by atoms with Gasteiger partial charge in [0.15, 0.2) is 0 Å². The van der Waals surface area contributed by atoms with E-state index in [2.05, 4.69) is 25.6 Å². The first-order valence-electron chi connectivity index (χ1n) is 7.21. The van der Waals surface area contributed by atoms with Gasteiger partial charge in [-0.3, -0.25) is 4.98 Å². The van der Waals surface area contributed by atoms with Gasteiger partial charge < -0.3 is 10.6 Å². The number of aromatic nitrogens is 3. The lowest BCUT2D eigenvalue weighted by molar-refractivity contribution is 0.628. The van der Waals surface area contributed by atoms with Crippen molar-refractivity contribution in [3.05, 3.63) is 71.9 Å². The van der Waals surface area contributed by atoms with Gasteiger partial charge in [0.05, 0.1) is 12.2 Å². The molecule has 23 heavy (non-hydrogen) atoms. The minimum absolute atomic E-state index is 0.271. The van der Waals surface area contributed by atoms with Crippen LogP contribution in [0.2, 0.25) is 0 Å². The molecule has 3 rings (SSSR count). The number of hydrogen-bond donors (Lipinski definition) is 2. The van der Waals surface area contributed by atoms with Gasteiger partial charge >= 0.3 is 0 Å². The molecule has 3 aromatic rings. The lowest BCUT2D eigenvalue weighted by Gasteiger charge is -2.10. The number of nitrogens with one attached hydrogen (secondary N) is 2. The molecule has 0 radical (unpaired) electrons. The summed E-state index contributed by atoms with van der Waals surface area (Å²) in [5, 5.41) is 6.29. The molecule has 0 amide bonds. The van der Waals surface area contributed by atoms with E-state index in [0.717, 1.165) is 17.1 Å². The summed E-state index contributed by atoms with van der Waals surface area (Å²) in [6.45, 7) is 2.43. The average molecular weight is 309 g/mol. The normalized spacial score (nSPS) is 10.3. The topological polar surface area (TPSA) is 62.7 Å². The van der Waals surface area contributed by atoms with Crippen molar-refractivity contribution in [2.45, 2.75) is 13.5 Å². The molecule has 0 spiro atoms. The summed E-state index contributed by atoms with van der Waals surface area (Å²) < 4.78 is 12.9. The smallest absolute Gasteiger partial charge is 0.225 e. The maximum atomic E-state index is 12.9. The number of aryl methyl sites for hydroxylation is 1. The average Bonchev–Trinajstić information content (AvgIpc) is 2.56. The van der Waals surface area contributed by atoms with Gasteiger partial charge in [-0.15, -0.1) is 0 Å². The van der Waals surface area contributed by atoms with Crippen molar-refractivity contribution in [2.24, 2.45) is 0 Å². The van der Waals surface area contributed by atoms with E-state index in [0.29, 0.717) is 18.3 Å². The molecule has 6 heteroatoms. The predicted molar refractivity (Wildman–Crippen MR) is 88.0 cm³/mol. The maximum Gasteiger partial charge on any atom is 0.225 e. The van der Waals surface area contributed by atoms with E-state index in [1.807, 2.05) is 31.2 Å². The second kappa shape index (κ2) is 6.83. The molecule has 2 heterocycles. The summed E-state index contributed by atoms with van der Waals surface area (Å²) in [5.74, 6) is 0.889. The van der Waals surface area contributed by atoms with Crippen LogP contribution in [0.1, 0.15) is 11.4 Å². The van der Waals surface area contributed by atoms with Gasteiger partial charge in [-0.05, 0) is 43.3 Å². The van der Waals surface area contributed by atoms with Crippen molar-refractivity contribution in [3.8, 4) is 0 Å². The Labute approximate surface area is 133 Å². The third-order valence-electron chi connectivity index (χ3n) is 3.12. The number of rotatable bonds is 5. The van der Waals surface area contributed by atoms with Crippen molar-refractivity contribution in [3.63, 3.8) is 0 Å². The molecular weight excluding hydrogens is 293 g/mol. The van der Waals surface area contributed by atoms with Gasteiger partial charge in [0, 0.05) is 23.6 Å². The zero-order chi connectivity index (χ0) is 16.1. The van der Waals surface area contributed by atoms with Crippen molar-refractivity contribution in [1.29, 1.82) is 0 Å². The zero-order valence-electron chi connectivity index (χ0n) is 12.6. The van der Waals surface area contributed by atoms with Gasteiger partial charge in [0.1, 0.15) is 11.6 Å². The summed E-state index contributed by atoms with van der Waals surface area (Å²) in [4.78, 5) is 13.0. The molecule has 2 N–H and O–H groups in total. The van der Waals surface area contributed by atoms with Crippen molar-refractivity contribution < 1.29 is 4.39 Å². The van der Waals surface area contributed by atoms with Crippen LogP contribution in [-0.4, -0.2) is 15.0 Å². The molecule has 0 aliphatic rings. The highest BCUT2D eigenvalue weighted by Gasteiger charge is 2.03. The molecule has 0 aliphatic carbocycles. The fraction of sp³-hybridized carbons (Fsp3) is 0.118. The number of nitrogens with zero attached hydrogens (tertiary/aromatic N) is 3. The van der Waals surface area contributed by atoms with Crippen LogP contribution >= 0.6 is 0 Å². The highest BCUT2D eigenvalue weighted by Crippen LogP contribution is 2.17. The van der Waals surface area contributed by atoms with E-state index < -0.39 is 0 Å². The Bertz CT molecular complexity index is 775. The van der Waals surface area contributed by atoms with E-state index in [4.69, 9.17) is 0 Å². The van der Waals surface area contributed by atoms with Crippen LogP contribution in [0.3, 0.4) is 0 Å². The quantitative estimate of drug-likeness (QED) is 0.753. The lowest BCUT2D eigenvalue weighted by atomic mass is 10.3. The third-order valence-corrected chi connectivity index (χ3v) is 3.12. The summed E-state index contributed by atoms with van der Waals surface area (Å²) >= 11 is 0. The van der Waals surface area contributed by atoms with Gasteiger partial charge in [0.2, 0.25) is 5.95 Å². The van der Waals surface area contributed by atoms with Crippen LogP contribution in [0.5, 0.6) is 0 Å². The van der Waals surface area contributed by atoms with E-state index in [9.17, 15) is 4.39 Å². The summed E-state index contributed by atoms with van der Waals surface area (Å²) in [6, 6.07) is 13.7. The molecule has 0 bridgehead atoms. The lowest BCUT2D eigenvalue weighted by Crippen LogP contribution is -2.07. The van der Waals surface area contributed by atoms with Gasteiger partial charge in [-0.25, -0.2) is 9.37 Å². The number of halogens is 1. The Morgan fingerprint density at radius 2 is 1.87 bits per heavy atom. The number of anilines is 3. The number of pyridine rings is 1. The van der Waals surface area contributed by atoms with E-state index in [1.54, 1.807) is 18.3 Å². The molecule has 0 aliphatic heterocycles. The van der Waals surface area contributed by atoms with E-state index in [1.165, 1.54) is 12.1 Å². The zero-order valence-corrected chi connectivity index (χ0v) is 12.6. The molecule has 0 atom stereocenters. The molecule has 0 saturated carbocycles. The van der Waals surface area contributed by atoms with Gasteiger partial charge in [0.25, 0.3) is 0 Å². The monoisotopic (exact) mass is 309 g/mol. The molecule has 0 unspecified atom stereocenters.